The molecule has 0 bridgehead atoms. The van der Waals surface area contributed by atoms with E-state index in [9.17, 15) is 0 Å². The Hall–Kier alpha value is -1.12. The van der Waals surface area contributed by atoms with E-state index in [1.54, 1.807) is 7.13 Å². The molecule has 2 rings (SSSR count). The van der Waals surface area contributed by atoms with E-state index in [-0.39, 0.29) is 0 Å². The maximum absolute atomic E-state index is 4.71. The molecule has 0 aliphatic rings. The van der Waals surface area contributed by atoms with Gasteiger partial charge < -0.3 is 0 Å². The average Bonchev–Trinajstić information content (AvgIpc) is 2.33. The predicted octanol–water partition coefficient (Wildman–Crippen LogP) is 1.17. The molecule has 2 aromatic rings. The van der Waals surface area contributed by atoms with Gasteiger partial charge in [-0.2, -0.15) is 0 Å². The molecule has 0 N–H and O–H groups in total. The molecule has 0 saturated heterocycles. The fourth-order valence-corrected chi connectivity index (χ4v) is 0.810. The first kappa shape index (κ1) is 4.73. The van der Waals surface area contributed by atoms with Gasteiger partial charge in [-0.25, -0.2) is 0 Å². The van der Waals surface area contributed by atoms with Crippen molar-refractivity contribution in [3.8, 4) is 0 Å². The normalized spacial score (nSPS) is 9.78. The Bertz CT molecular complexity index is 287. The Morgan fingerprint density at radius 3 is 3.11 bits per heavy atom. The Kier molecular flexibility index (Phi) is 0.888. The van der Waals surface area contributed by atoms with Crippen LogP contribution in [0.2, 0.25) is 0 Å². The fourth-order valence-electron chi connectivity index (χ4n) is 0.810. The van der Waals surface area contributed by atoms with Crippen LogP contribution in [0.3, 0.4) is 0 Å². The molecule has 1 heterocycles. The minimum absolute atomic E-state index is 0.914. The van der Waals surface area contributed by atoms with Gasteiger partial charge in [-0.05, 0) is 0 Å². The van der Waals surface area contributed by atoms with Crippen LogP contribution in [0.1, 0.15) is 0 Å². The summed E-state index contributed by atoms with van der Waals surface area (Å²) in [6, 6.07) is 7.77. The molecule has 0 radical (unpaired) electrons. The third-order valence-electron chi connectivity index (χ3n) is 1.27. The van der Waals surface area contributed by atoms with Crippen molar-refractivity contribution in [1.82, 2.24) is 5.16 Å². The number of hydrogen-bond acceptors (Lipinski definition) is 2. The van der Waals surface area contributed by atoms with E-state index in [1.807, 2.05) is 24.3 Å². The molecule has 0 aliphatic carbocycles. The van der Waals surface area contributed by atoms with Gasteiger partial charge in [0, 0.05) is 0 Å². The van der Waals surface area contributed by atoms with Crippen molar-refractivity contribution < 1.29 is 4.44 Å². The molecule has 3 heteroatoms. The Morgan fingerprint density at radius 1 is 1.33 bits per heavy atom. The van der Waals surface area contributed by atoms with E-state index in [0.29, 0.717) is 0 Å². The van der Waals surface area contributed by atoms with Crippen molar-refractivity contribution >= 4 is 17.9 Å². The first-order chi connectivity index (χ1) is 4.47. The average molecular weight is 117 g/mol. The van der Waals surface area contributed by atoms with Crippen LogP contribution in [-0.2, 0) is 0 Å². The second-order valence-electron chi connectivity index (χ2n) is 1.87. The van der Waals surface area contributed by atoms with Crippen molar-refractivity contribution in [2.75, 3.05) is 0 Å². The second-order valence-corrected chi connectivity index (χ2v) is 1.87. The van der Waals surface area contributed by atoms with Crippen LogP contribution in [0, 0.1) is 0 Å². The number of nitrogens with zero attached hydrogens (tertiary/aromatic N) is 1. The third-order valence-corrected chi connectivity index (χ3v) is 1.27. The molecule has 0 atom stereocenters. The first-order valence-corrected chi connectivity index (χ1v) is 2.76. The Labute approximate surface area is 52.7 Å². The summed E-state index contributed by atoms with van der Waals surface area (Å²) in [7, 11) is 1.63. The van der Waals surface area contributed by atoms with Gasteiger partial charge in [0.2, 0.25) is 0 Å². The quantitative estimate of drug-likeness (QED) is 0.517. The summed E-state index contributed by atoms with van der Waals surface area (Å²) in [5.74, 6) is 0. The monoisotopic (exact) mass is 117 g/mol. The van der Waals surface area contributed by atoms with Crippen LogP contribution in [0.5, 0.6) is 0 Å². The van der Waals surface area contributed by atoms with E-state index < -0.39 is 0 Å². The zero-order chi connectivity index (χ0) is 6.10. The van der Waals surface area contributed by atoms with Gasteiger partial charge in [0.15, 0.2) is 0 Å². The van der Waals surface area contributed by atoms with Gasteiger partial charge in [0.25, 0.3) is 0 Å². The molecule has 0 amide bonds. The second kappa shape index (κ2) is 1.69. The molecule has 0 aliphatic heterocycles. The van der Waals surface area contributed by atoms with Crippen molar-refractivity contribution in [2.24, 2.45) is 0 Å². The van der Waals surface area contributed by atoms with Crippen LogP contribution >= 0.6 is 0 Å². The number of benzene rings is 1. The van der Waals surface area contributed by atoms with Crippen LogP contribution in [0.15, 0.2) is 28.7 Å². The van der Waals surface area contributed by atoms with Crippen molar-refractivity contribution in [3.63, 3.8) is 0 Å². The van der Waals surface area contributed by atoms with Gasteiger partial charge in [0.05, 0.1) is 0 Å². The number of aromatic nitrogens is 1. The van der Waals surface area contributed by atoms with Crippen molar-refractivity contribution in [2.45, 2.75) is 0 Å². The van der Waals surface area contributed by atoms with E-state index in [1.165, 1.54) is 0 Å². The van der Waals surface area contributed by atoms with Crippen LogP contribution in [0.4, 0.5) is 0 Å². The first-order valence-electron chi connectivity index (χ1n) is 2.76. The fraction of sp³-hybridized carbons (Fsp3) is 0. The zero-order valence-corrected chi connectivity index (χ0v) is 4.74. The Balaban J connectivity index is 2.95. The minimum atomic E-state index is 0.914. The third kappa shape index (κ3) is 0.651. The zero-order valence-electron chi connectivity index (χ0n) is 4.74. The predicted molar refractivity (Wildman–Crippen MR) is 35.4 cm³/mol. The summed E-state index contributed by atoms with van der Waals surface area (Å²) in [6.45, 7) is 0. The number of rotatable bonds is 0. The standard InChI is InChI=1S/C6H4BNO/c1-2-4-6-5(3-1)7-9-8-6/h1-4H. The summed E-state index contributed by atoms with van der Waals surface area (Å²) in [5, 5.41) is 4.80. The summed E-state index contributed by atoms with van der Waals surface area (Å²) >= 11 is 0. The molecule has 2 nitrogen and oxygen atoms in total. The molecule has 0 spiro atoms. The van der Waals surface area contributed by atoms with E-state index in [4.69, 9.17) is 4.44 Å². The summed E-state index contributed by atoms with van der Waals surface area (Å²) in [5.41, 5.74) is 0.914. The van der Waals surface area contributed by atoms with E-state index in [2.05, 4.69) is 5.16 Å². The number of fused-ring (bicyclic) bond motifs is 1. The van der Waals surface area contributed by atoms with Gasteiger partial charge in [-0.3, -0.25) is 0 Å². The van der Waals surface area contributed by atoms with Gasteiger partial charge in [-0.15, -0.1) is 0 Å². The van der Waals surface area contributed by atoms with Crippen LogP contribution in [-0.4, -0.2) is 12.3 Å². The molecule has 9 heavy (non-hydrogen) atoms. The molecule has 1 aromatic carbocycles. The number of hydrogen-bond donors (Lipinski definition) is 0. The van der Waals surface area contributed by atoms with Crippen LogP contribution in [0.25, 0.3) is 10.8 Å². The summed E-state index contributed by atoms with van der Waals surface area (Å²) in [4.78, 5) is 0. The maximum atomic E-state index is 4.71. The Morgan fingerprint density at radius 2 is 2.22 bits per heavy atom. The summed E-state index contributed by atoms with van der Waals surface area (Å²) in [6.07, 6.45) is 0. The summed E-state index contributed by atoms with van der Waals surface area (Å²) < 4.78 is 4.71. The molecule has 0 unspecified atom stereocenters. The van der Waals surface area contributed by atoms with Crippen molar-refractivity contribution in [3.05, 3.63) is 24.3 Å². The van der Waals surface area contributed by atoms with Crippen molar-refractivity contribution in [1.29, 1.82) is 0 Å². The molecular formula is C6H4BNO. The molecular weight excluding hydrogens is 113 g/mol. The van der Waals surface area contributed by atoms with Crippen LogP contribution < -0.4 is 0 Å². The van der Waals surface area contributed by atoms with Gasteiger partial charge in [0.1, 0.15) is 0 Å². The van der Waals surface area contributed by atoms with Gasteiger partial charge >= 0.3 is 51.8 Å². The molecule has 0 saturated carbocycles. The SMILES string of the molecule is b1onc2ccccc12. The topological polar surface area (TPSA) is 26.0 Å². The molecule has 1 aromatic heterocycles. The van der Waals surface area contributed by atoms with E-state index in [0.717, 1.165) is 10.8 Å². The van der Waals surface area contributed by atoms with Gasteiger partial charge in [-0.1, -0.05) is 0 Å². The molecule has 42 valence electrons. The van der Waals surface area contributed by atoms with E-state index >= 15 is 0 Å². The molecule has 0 fully saturated rings.